The SMILES string of the molecule is COc1ccccc1C1(CN[C@@H](C)C(=O)N(C)C)C(=O)Nc2ccc(C#N)cc21. The van der Waals surface area contributed by atoms with Crippen molar-refractivity contribution in [3.05, 3.63) is 59.2 Å². The summed E-state index contributed by atoms with van der Waals surface area (Å²) in [5.74, 6) is 0.236. The van der Waals surface area contributed by atoms with Gasteiger partial charge in [0.25, 0.3) is 0 Å². The summed E-state index contributed by atoms with van der Waals surface area (Å²) < 4.78 is 5.55. The fourth-order valence-electron chi connectivity index (χ4n) is 3.74. The quantitative estimate of drug-likeness (QED) is 0.783. The second-order valence-electron chi connectivity index (χ2n) is 7.27. The molecule has 1 aliphatic heterocycles. The molecule has 2 amide bonds. The summed E-state index contributed by atoms with van der Waals surface area (Å²) in [5, 5.41) is 15.5. The molecule has 150 valence electrons. The molecule has 0 aromatic heterocycles. The zero-order chi connectivity index (χ0) is 21.2. The van der Waals surface area contributed by atoms with Crippen molar-refractivity contribution in [3.8, 4) is 11.8 Å². The minimum atomic E-state index is -1.14. The second kappa shape index (κ2) is 7.94. The summed E-state index contributed by atoms with van der Waals surface area (Å²) in [7, 11) is 4.93. The summed E-state index contributed by atoms with van der Waals surface area (Å²) in [6, 6.07) is 14.1. The van der Waals surface area contributed by atoms with E-state index in [2.05, 4.69) is 16.7 Å². The molecule has 2 aromatic carbocycles. The summed E-state index contributed by atoms with van der Waals surface area (Å²) in [5.41, 5.74) is 1.31. The number of para-hydroxylation sites is 1. The Kier molecular flexibility index (Phi) is 5.57. The van der Waals surface area contributed by atoms with Crippen molar-refractivity contribution in [2.45, 2.75) is 18.4 Å². The van der Waals surface area contributed by atoms with Crippen LogP contribution >= 0.6 is 0 Å². The van der Waals surface area contributed by atoms with Gasteiger partial charge in [-0.25, -0.2) is 0 Å². The fourth-order valence-corrected chi connectivity index (χ4v) is 3.74. The van der Waals surface area contributed by atoms with Crippen LogP contribution in [-0.4, -0.2) is 50.5 Å². The zero-order valence-electron chi connectivity index (χ0n) is 16.9. The molecule has 2 aromatic rings. The first-order valence-electron chi connectivity index (χ1n) is 9.29. The maximum absolute atomic E-state index is 13.4. The van der Waals surface area contributed by atoms with E-state index in [4.69, 9.17) is 4.74 Å². The zero-order valence-corrected chi connectivity index (χ0v) is 16.9. The number of nitriles is 1. The van der Waals surface area contributed by atoms with Crippen molar-refractivity contribution >= 4 is 17.5 Å². The van der Waals surface area contributed by atoms with E-state index in [1.807, 2.05) is 18.2 Å². The van der Waals surface area contributed by atoms with Gasteiger partial charge in [-0.2, -0.15) is 5.26 Å². The number of carbonyl (C=O) groups is 2. The highest BCUT2D eigenvalue weighted by Gasteiger charge is 2.50. The van der Waals surface area contributed by atoms with Gasteiger partial charge >= 0.3 is 0 Å². The smallest absolute Gasteiger partial charge is 0.241 e. The Bertz CT molecular complexity index is 996. The van der Waals surface area contributed by atoms with Crippen LogP contribution in [0.15, 0.2) is 42.5 Å². The minimum absolute atomic E-state index is 0.0930. The van der Waals surface area contributed by atoms with Gasteiger partial charge in [-0.15, -0.1) is 0 Å². The molecule has 7 heteroatoms. The molecule has 2 atom stereocenters. The molecule has 2 N–H and O–H groups in total. The van der Waals surface area contributed by atoms with E-state index in [1.54, 1.807) is 52.4 Å². The monoisotopic (exact) mass is 392 g/mol. The third kappa shape index (κ3) is 3.43. The Balaban J connectivity index is 2.16. The molecule has 29 heavy (non-hydrogen) atoms. The number of fused-ring (bicyclic) bond motifs is 1. The number of rotatable bonds is 6. The summed E-state index contributed by atoms with van der Waals surface area (Å²) in [6.07, 6.45) is 0. The first-order valence-corrected chi connectivity index (χ1v) is 9.29. The van der Waals surface area contributed by atoms with Crippen LogP contribution in [0.1, 0.15) is 23.6 Å². The van der Waals surface area contributed by atoms with Crippen molar-refractivity contribution in [3.63, 3.8) is 0 Å². The lowest BCUT2D eigenvalue weighted by molar-refractivity contribution is -0.130. The van der Waals surface area contributed by atoms with E-state index < -0.39 is 11.5 Å². The molecular weight excluding hydrogens is 368 g/mol. The average Bonchev–Trinajstić information content (AvgIpc) is 3.02. The number of ether oxygens (including phenoxy) is 1. The standard InChI is InChI=1S/C22H24N4O3/c1-14(20(27)26(2)3)24-13-22(16-7-5-6-8-19(16)29-4)17-11-15(12-23)9-10-18(17)25-21(22)28/h5-11,14,24H,13H2,1-4H3,(H,25,28)/t14-,22?/m0/s1. The van der Waals surface area contributed by atoms with Gasteiger partial charge in [-0.3, -0.25) is 9.59 Å². The van der Waals surface area contributed by atoms with E-state index in [9.17, 15) is 14.9 Å². The molecule has 0 saturated carbocycles. The van der Waals surface area contributed by atoms with Crippen molar-refractivity contribution < 1.29 is 14.3 Å². The molecule has 1 unspecified atom stereocenters. The van der Waals surface area contributed by atoms with Crippen LogP contribution in [0, 0.1) is 11.3 Å². The Morgan fingerprint density at radius 1 is 1.28 bits per heavy atom. The van der Waals surface area contributed by atoms with Gasteiger partial charge in [-0.05, 0) is 36.8 Å². The van der Waals surface area contributed by atoms with Gasteiger partial charge in [0.05, 0.1) is 24.8 Å². The molecule has 0 radical (unpaired) electrons. The molecule has 7 nitrogen and oxygen atoms in total. The normalized spacial score (nSPS) is 18.4. The largest absolute Gasteiger partial charge is 0.496 e. The van der Waals surface area contributed by atoms with Crippen LogP contribution in [0.2, 0.25) is 0 Å². The van der Waals surface area contributed by atoms with Gasteiger partial charge in [0.15, 0.2) is 0 Å². The Morgan fingerprint density at radius 2 is 2.00 bits per heavy atom. The average molecular weight is 392 g/mol. The number of amides is 2. The molecule has 0 bridgehead atoms. The number of hydrogen-bond acceptors (Lipinski definition) is 5. The van der Waals surface area contributed by atoms with E-state index in [1.165, 1.54) is 4.90 Å². The van der Waals surface area contributed by atoms with Crippen molar-refractivity contribution in [1.29, 1.82) is 5.26 Å². The van der Waals surface area contributed by atoms with Crippen LogP contribution < -0.4 is 15.4 Å². The molecule has 0 fully saturated rings. The van der Waals surface area contributed by atoms with Gasteiger partial charge in [0.1, 0.15) is 11.2 Å². The first kappa shape index (κ1) is 20.4. The highest BCUT2D eigenvalue weighted by molar-refractivity contribution is 6.09. The highest BCUT2D eigenvalue weighted by Crippen LogP contribution is 2.46. The Labute approximate surface area is 170 Å². The maximum Gasteiger partial charge on any atom is 0.241 e. The molecule has 1 heterocycles. The van der Waals surface area contributed by atoms with E-state index in [0.717, 1.165) is 0 Å². The van der Waals surface area contributed by atoms with Crippen molar-refractivity contribution in [2.24, 2.45) is 0 Å². The van der Waals surface area contributed by atoms with Crippen LogP contribution in [0.4, 0.5) is 5.69 Å². The summed E-state index contributed by atoms with van der Waals surface area (Å²) >= 11 is 0. The summed E-state index contributed by atoms with van der Waals surface area (Å²) in [6.45, 7) is 1.93. The van der Waals surface area contributed by atoms with Crippen molar-refractivity contribution in [2.75, 3.05) is 33.1 Å². The van der Waals surface area contributed by atoms with Crippen LogP contribution in [-0.2, 0) is 15.0 Å². The maximum atomic E-state index is 13.4. The van der Waals surface area contributed by atoms with Crippen molar-refractivity contribution in [1.82, 2.24) is 10.2 Å². The predicted octanol–water partition coefficient (Wildman–Crippen LogP) is 1.87. The van der Waals surface area contributed by atoms with Crippen LogP contribution in [0.3, 0.4) is 0 Å². The topological polar surface area (TPSA) is 94.5 Å². The van der Waals surface area contributed by atoms with Gasteiger partial charge in [0, 0.05) is 31.9 Å². The molecule has 1 aliphatic rings. The number of carbonyl (C=O) groups excluding carboxylic acids is 2. The summed E-state index contributed by atoms with van der Waals surface area (Å²) in [4.78, 5) is 27.2. The molecular formula is C22H24N4O3. The molecule has 3 rings (SSSR count). The lowest BCUT2D eigenvalue weighted by atomic mass is 9.74. The van der Waals surface area contributed by atoms with Crippen LogP contribution in [0.5, 0.6) is 5.75 Å². The minimum Gasteiger partial charge on any atom is -0.496 e. The highest BCUT2D eigenvalue weighted by atomic mass is 16.5. The molecule has 0 saturated heterocycles. The Hall–Kier alpha value is -3.37. The van der Waals surface area contributed by atoms with Gasteiger partial charge in [0.2, 0.25) is 11.8 Å². The number of methoxy groups -OCH3 is 1. The fraction of sp³-hybridized carbons (Fsp3) is 0.318. The van der Waals surface area contributed by atoms with Gasteiger partial charge < -0.3 is 20.3 Å². The Morgan fingerprint density at radius 3 is 2.66 bits per heavy atom. The van der Waals surface area contributed by atoms with Gasteiger partial charge in [-0.1, -0.05) is 18.2 Å². The van der Waals surface area contributed by atoms with E-state index in [-0.39, 0.29) is 18.4 Å². The second-order valence-corrected chi connectivity index (χ2v) is 7.27. The predicted molar refractivity (Wildman–Crippen MR) is 110 cm³/mol. The molecule has 0 aliphatic carbocycles. The molecule has 0 spiro atoms. The third-order valence-corrected chi connectivity index (χ3v) is 5.30. The van der Waals surface area contributed by atoms with E-state index in [0.29, 0.717) is 28.1 Å². The van der Waals surface area contributed by atoms with Crippen LogP contribution in [0.25, 0.3) is 0 Å². The lowest BCUT2D eigenvalue weighted by Gasteiger charge is -2.31. The number of nitrogens with one attached hydrogen (secondary N) is 2. The number of nitrogens with zero attached hydrogens (tertiary/aromatic N) is 2. The number of benzene rings is 2. The third-order valence-electron chi connectivity index (χ3n) is 5.30. The number of hydrogen-bond donors (Lipinski definition) is 2. The van der Waals surface area contributed by atoms with E-state index >= 15 is 0 Å². The lowest BCUT2D eigenvalue weighted by Crippen LogP contribution is -2.50. The number of anilines is 1. The number of likely N-dealkylation sites (N-methyl/N-ethyl adjacent to an activating group) is 1. The first-order chi connectivity index (χ1) is 13.8.